The molecule has 7 aromatic carbocycles. The third kappa shape index (κ3) is 4.35. The zero-order valence-electron chi connectivity index (χ0n) is 24.2. The SMILES string of the molecule is c1ccc(-c2nc(-c3cccc4cc(-c5ccc6ccccc6c5)ccc34)nc(-c3cccc4oc5ccccc5c34)n2)cc1. The van der Waals surface area contributed by atoms with Crippen molar-refractivity contribution in [2.75, 3.05) is 0 Å². The van der Waals surface area contributed by atoms with E-state index >= 15 is 0 Å². The van der Waals surface area contributed by atoms with Crippen LogP contribution in [0, 0.1) is 0 Å². The molecule has 0 fully saturated rings. The first-order valence-corrected chi connectivity index (χ1v) is 15.0. The maximum atomic E-state index is 6.20. The molecule has 0 aliphatic carbocycles. The topological polar surface area (TPSA) is 51.8 Å². The summed E-state index contributed by atoms with van der Waals surface area (Å²) < 4.78 is 6.20. The van der Waals surface area contributed by atoms with Gasteiger partial charge in [-0.25, -0.2) is 15.0 Å². The van der Waals surface area contributed by atoms with E-state index in [0.29, 0.717) is 17.5 Å². The Balaban J connectivity index is 1.24. The highest BCUT2D eigenvalue weighted by Gasteiger charge is 2.18. The van der Waals surface area contributed by atoms with E-state index in [9.17, 15) is 0 Å². The summed E-state index contributed by atoms with van der Waals surface area (Å²) in [5.74, 6) is 1.87. The van der Waals surface area contributed by atoms with Gasteiger partial charge in [0.05, 0.1) is 0 Å². The number of aromatic nitrogens is 3. The molecule has 0 saturated heterocycles. The largest absolute Gasteiger partial charge is 0.456 e. The lowest BCUT2D eigenvalue weighted by atomic mass is 9.96. The molecule has 0 aliphatic rings. The molecule has 0 aliphatic heterocycles. The van der Waals surface area contributed by atoms with Crippen LogP contribution in [0.2, 0.25) is 0 Å². The molecule has 0 spiro atoms. The summed E-state index contributed by atoms with van der Waals surface area (Å²) in [4.78, 5) is 15.2. The summed E-state index contributed by atoms with van der Waals surface area (Å²) in [6, 6.07) is 52.3. The van der Waals surface area contributed by atoms with Crippen LogP contribution < -0.4 is 0 Å². The maximum absolute atomic E-state index is 6.20. The molecule has 0 unspecified atom stereocenters. The number of nitrogens with zero attached hydrogens (tertiary/aromatic N) is 3. The highest BCUT2D eigenvalue weighted by Crippen LogP contribution is 2.37. The third-order valence-corrected chi connectivity index (χ3v) is 8.51. The van der Waals surface area contributed by atoms with Crippen molar-refractivity contribution in [3.63, 3.8) is 0 Å². The Morgan fingerprint density at radius 2 is 0.978 bits per heavy atom. The monoisotopic (exact) mass is 575 g/mol. The number of furan rings is 1. The lowest BCUT2D eigenvalue weighted by Gasteiger charge is -2.12. The summed E-state index contributed by atoms with van der Waals surface area (Å²) in [6.07, 6.45) is 0. The van der Waals surface area contributed by atoms with E-state index in [-0.39, 0.29) is 0 Å². The fourth-order valence-corrected chi connectivity index (χ4v) is 6.32. The van der Waals surface area contributed by atoms with Crippen LogP contribution in [0.25, 0.3) is 88.8 Å². The van der Waals surface area contributed by atoms with E-state index in [1.807, 2.05) is 60.7 Å². The van der Waals surface area contributed by atoms with Crippen LogP contribution >= 0.6 is 0 Å². The number of fused-ring (bicyclic) bond motifs is 5. The van der Waals surface area contributed by atoms with Gasteiger partial charge in [0.2, 0.25) is 0 Å². The van der Waals surface area contributed by atoms with Crippen molar-refractivity contribution in [1.82, 2.24) is 15.0 Å². The zero-order chi connectivity index (χ0) is 29.7. The molecule has 0 N–H and O–H groups in total. The Kier molecular flexibility index (Phi) is 5.78. The van der Waals surface area contributed by atoms with Gasteiger partial charge in [0, 0.05) is 27.5 Å². The van der Waals surface area contributed by atoms with Crippen LogP contribution in [0.4, 0.5) is 0 Å². The molecule has 0 amide bonds. The number of rotatable bonds is 4. The first-order chi connectivity index (χ1) is 22.3. The fourth-order valence-electron chi connectivity index (χ4n) is 6.32. The van der Waals surface area contributed by atoms with E-state index in [0.717, 1.165) is 49.4 Å². The molecule has 4 heteroatoms. The first-order valence-electron chi connectivity index (χ1n) is 15.0. The Bertz CT molecular complexity index is 2550. The quantitative estimate of drug-likeness (QED) is 0.209. The zero-order valence-corrected chi connectivity index (χ0v) is 24.2. The van der Waals surface area contributed by atoms with Crippen LogP contribution in [0.1, 0.15) is 0 Å². The second-order valence-electron chi connectivity index (χ2n) is 11.3. The van der Waals surface area contributed by atoms with Gasteiger partial charge in [0.25, 0.3) is 0 Å². The average Bonchev–Trinajstić information content (AvgIpc) is 3.50. The minimum absolute atomic E-state index is 0.612. The Labute approximate surface area is 259 Å². The van der Waals surface area contributed by atoms with Crippen LogP contribution in [0.5, 0.6) is 0 Å². The molecule has 2 aromatic heterocycles. The van der Waals surface area contributed by atoms with Crippen molar-refractivity contribution in [2.45, 2.75) is 0 Å². The summed E-state index contributed by atoms with van der Waals surface area (Å²) in [5.41, 5.74) is 6.82. The summed E-state index contributed by atoms with van der Waals surface area (Å²) in [5, 5.41) is 6.73. The molecule has 0 saturated carbocycles. The highest BCUT2D eigenvalue weighted by molar-refractivity contribution is 6.12. The van der Waals surface area contributed by atoms with Gasteiger partial charge in [-0.1, -0.05) is 127 Å². The molecular formula is C41H25N3O. The minimum atomic E-state index is 0.612. The Morgan fingerprint density at radius 1 is 0.356 bits per heavy atom. The van der Waals surface area contributed by atoms with E-state index < -0.39 is 0 Å². The molecule has 0 atom stereocenters. The van der Waals surface area contributed by atoms with Crippen molar-refractivity contribution in [3.8, 4) is 45.3 Å². The van der Waals surface area contributed by atoms with Crippen molar-refractivity contribution in [1.29, 1.82) is 0 Å². The van der Waals surface area contributed by atoms with E-state index in [1.165, 1.54) is 21.9 Å². The molecule has 2 heterocycles. The first kappa shape index (κ1) is 25.4. The second-order valence-corrected chi connectivity index (χ2v) is 11.3. The number of benzene rings is 7. The molecule has 0 bridgehead atoms. The Morgan fingerprint density at radius 3 is 1.87 bits per heavy atom. The van der Waals surface area contributed by atoms with Gasteiger partial charge in [0.1, 0.15) is 11.2 Å². The van der Waals surface area contributed by atoms with Gasteiger partial charge in [-0.15, -0.1) is 0 Å². The standard InChI is InChI=1S/C41H25N3O/c1-2-11-27(12-3-1)39-42-40(44-41(43-39)35-17-9-19-37-38(35)34-15-6-7-18-36(34)45-37)33-16-8-14-31-25-30(22-23-32(31)33)29-21-20-26-10-4-5-13-28(26)24-29/h1-25H. The smallest absolute Gasteiger partial charge is 0.164 e. The van der Waals surface area contributed by atoms with E-state index in [1.54, 1.807) is 0 Å². The summed E-state index contributed by atoms with van der Waals surface area (Å²) in [7, 11) is 0. The second kappa shape index (κ2) is 10.2. The molecule has 0 radical (unpaired) electrons. The van der Waals surface area contributed by atoms with Gasteiger partial charge < -0.3 is 4.42 Å². The Hall–Kier alpha value is -6.13. The van der Waals surface area contributed by atoms with E-state index in [2.05, 4.69) is 91.0 Å². The predicted octanol–water partition coefficient (Wildman–Crippen LogP) is 10.7. The molecule has 4 nitrogen and oxygen atoms in total. The number of hydrogen-bond acceptors (Lipinski definition) is 4. The minimum Gasteiger partial charge on any atom is -0.456 e. The van der Waals surface area contributed by atoms with Gasteiger partial charge >= 0.3 is 0 Å². The lowest BCUT2D eigenvalue weighted by molar-refractivity contribution is 0.669. The van der Waals surface area contributed by atoms with Gasteiger partial charge in [-0.05, 0) is 56.9 Å². The fraction of sp³-hybridized carbons (Fsp3) is 0. The molecule has 210 valence electrons. The van der Waals surface area contributed by atoms with Crippen molar-refractivity contribution < 1.29 is 4.42 Å². The van der Waals surface area contributed by atoms with Crippen LogP contribution in [-0.2, 0) is 0 Å². The molecule has 45 heavy (non-hydrogen) atoms. The molecule has 9 aromatic rings. The molecule has 9 rings (SSSR count). The predicted molar refractivity (Wildman–Crippen MR) is 184 cm³/mol. The average molecular weight is 576 g/mol. The van der Waals surface area contributed by atoms with E-state index in [4.69, 9.17) is 19.4 Å². The summed E-state index contributed by atoms with van der Waals surface area (Å²) >= 11 is 0. The number of hydrogen-bond donors (Lipinski definition) is 0. The normalized spacial score (nSPS) is 11.6. The summed E-state index contributed by atoms with van der Waals surface area (Å²) in [6.45, 7) is 0. The van der Waals surface area contributed by atoms with Crippen LogP contribution in [0.3, 0.4) is 0 Å². The van der Waals surface area contributed by atoms with Crippen molar-refractivity contribution in [2.24, 2.45) is 0 Å². The van der Waals surface area contributed by atoms with Gasteiger partial charge in [-0.3, -0.25) is 0 Å². The highest BCUT2D eigenvalue weighted by atomic mass is 16.3. The van der Waals surface area contributed by atoms with Gasteiger partial charge in [0.15, 0.2) is 17.5 Å². The van der Waals surface area contributed by atoms with Gasteiger partial charge in [-0.2, -0.15) is 0 Å². The van der Waals surface area contributed by atoms with Crippen LogP contribution in [-0.4, -0.2) is 15.0 Å². The van der Waals surface area contributed by atoms with Crippen molar-refractivity contribution in [3.05, 3.63) is 152 Å². The molecular weight excluding hydrogens is 550 g/mol. The van der Waals surface area contributed by atoms with Crippen molar-refractivity contribution >= 4 is 43.5 Å². The lowest BCUT2D eigenvalue weighted by Crippen LogP contribution is -2.00. The third-order valence-electron chi connectivity index (χ3n) is 8.51. The van der Waals surface area contributed by atoms with Crippen LogP contribution in [0.15, 0.2) is 156 Å². The maximum Gasteiger partial charge on any atom is 0.164 e. The number of para-hydroxylation sites is 1.